The average Bonchev–Trinajstić information content (AvgIpc) is 2.64. The predicted octanol–water partition coefficient (Wildman–Crippen LogP) is 2.83. The summed E-state index contributed by atoms with van der Waals surface area (Å²) in [5, 5.41) is 17.8. The molecule has 0 radical (unpaired) electrons. The van der Waals surface area contributed by atoms with Gasteiger partial charge in [-0.2, -0.15) is 0 Å². The summed E-state index contributed by atoms with van der Waals surface area (Å²) in [4.78, 5) is 2.49. The third kappa shape index (κ3) is 2.61. The van der Waals surface area contributed by atoms with E-state index in [0.29, 0.717) is 0 Å². The third-order valence-electron chi connectivity index (χ3n) is 1.34. The maximum absolute atomic E-state index is 9.51. The zero-order valence-electron chi connectivity index (χ0n) is 9.57. The van der Waals surface area contributed by atoms with Crippen molar-refractivity contribution in [2.75, 3.05) is 11.5 Å². The van der Waals surface area contributed by atoms with E-state index in [-0.39, 0.29) is 0 Å². The minimum absolute atomic E-state index is 0.803. The summed E-state index contributed by atoms with van der Waals surface area (Å²) in [7, 11) is 0. The molecule has 3 nitrogen and oxygen atoms in total. The topological polar surface area (TPSA) is 48.4 Å². The molecule has 1 rings (SSSR count). The first-order chi connectivity index (χ1) is 6.85. The summed E-state index contributed by atoms with van der Waals surface area (Å²) in [5.74, 6) is 0.782. The smallest absolute Gasteiger partial charge is 0.387 e. The minimum Gasteiger partial charge on any atom is -0.505 e. The number of nitrogens with zero attached hydrogens (tertiary/aromatic N) is 2. The molecule has 1 N–H and O–H groups in total. The Morgan fingerprint density at radius 2 is 2.50 bits per heavy atom. The molecule has 66 valence electrons. The maximum atomic E-state index is 9.51. The van der Waals surface area contributed by atoms with Crippen molar-refractivity contribution in [2.24, 2.45) is 0 Å². The number of thioether (sulfide) groups is 2. The van der Waals surface area contributed by atoms with Crippen molar-refractivity contribution in [3.8, 4) is 0 Å². The van der Waals surface area contributed by atoms with E-state index in [1.165, 1.54) is 23.5 Å². The molecule has 5 heteroatoms. The molecule has 1 aliphatic heterocycles. The number of aliphatic hydroxyl groups is 1. The number of allylic oxidation sites excluding steroid dienone is 1. The van der Waals surface area contributed by atoms with Gasteiger partial charge in [0, 0.05) is 20.6 Å². The normalized spacial score (nSPS) is 27.8. The summed E-state index contributed by atoms with van der Waals surface area (Å²) in [6, 6.07) is 0. The number of aliphatic hydroxyl groups excluding tert-OH is 1. The number of rotatable bonds is 2. The Labute approximate surface area is 84.4 Å². The van der Waals surface area contributed by atoms with Gasteiger partial charge in [0.1, 0.15) is 0 Å². The van der Waals surface area contributed by atoms with Crippen LogP contribution in [-0.2, 0) is 0 Å². The molecular weight excluding hydrogens is 192 g/mol. The van der Waals surface area contributed by atoms with Crippen molar-refractivity contribution in [1.82, 2.24) is 0 Å². The Bertz CT molecular complexity index is 334. The molecule has 1 saturated heterocycles. The van der Waals surface area contributed by atoms with Crippen molar-refractivity contribution < 1.29 is 9.22 Å². The molecule has 0 spiro atoms. The molecule has 0 atom stereocenters. The fraction of sp³-hybridized carbons (Fsp3) is 0.714. The first-order valence-corrected chi connectivity index (χ1v) is 5.35. The number of hydrogen-bond acceptors (Lipinski definition) is 4. The molecule has 0 aliphatic carbocycles. The van der Waals surface area contributed by atoms with Crippen LogP contribution in [0, 0.1) is 5.39 Å². The third-order valence-corrected chi connectivity index (χ3v) is 4.43. The van der Waals surface area contributed by atoms with Crippen molar-refractivity contribution >= 4 is 23.5 Å². The van der Waals surface area contributed by atoms with Gasteiger partial charge >= 0.3 is 6.18 Å². The van der Waals surface area contributed by atoms with E-state index in [4.69, 9.17) is 9.51 Å². The predicted molar refractivity (Wildman–Crippen MR) is 53.7 cm³/mol. The van der Waals surface area contributed by atoms with Gasteiger partial charge in [-0.25, -0.2) is 0 Å². The summed E-state index contributed by atoms with van der Waals surface area (Å²) < 4.78 is 21.8. The van der Waals surface area contributed by atoms with E-state index >= 15 is 0 Å². The Morgan fingerprint density at radius 3 is 3.00 bits per heavy atom. The fourth-order valence-corrected chi connectivity index (χ4v) is 3.49. The lowest BCUT2D eigenvalue weighted by molar-refractivity contribution is 0.385. The monoisotopic (exact) mass is 206 g/mol. The van der Waals surface area contributed by atoms with E-state index in [2.05, 4.69) is 4.98 Å². The zero-order chi connectivity index (χ0) is 11.7. The van der Waals surface area contributed by atoms with Crippen LogP contribution in [0.2, 0.25) is 0 Å². The van der Waals surface area contributed by atoms with E-state index in [1.807, 2.05) is 0 Å². The Balaban J connectivity index is 3.07. The van der Waals surface area contributed by atoms with Crippen LogP contribution in [-0.4, -0.2) is 20.7 Å². The Hall–Kier alpha value is -0.340. The van der Waals surface area contributed by atoms with Crippen molar-refractivity contribution in [2.45, 2.75) is 17.4 Å². The highest BCUT2D eigenvalue weighted by atomic mass is 32.2. The highest BCUT2D eigenvalue weighted by Crippen LogP contribution is 2.47. The second-order valence-electron chi connectivity index (χ2n) is 2.33. The lowest BCUT2D eigenvalue weighted by Gasteiger charge is -2.19. The maximum Gasteiger partial charge on any atom is 0.387 e. The number of diazo groups is 1. The van der Waals surface area contributed by atoms with Crippen LogP contribution < -0.4 is 0 Å². The number of hydrogen-bond donors (Lipinski definition) is 1. The molecule has 12 heavy (non-hydrogen) atoms. The van der Waals surface area contributed by atoms with Gasteiger partial charge in [-0.05, 0) is 6.92 Å². The highest BCUT2D eigenvalue weighted by molar-refractivity contribution is 8.21. The molecular formula is C7H11N2OS2+. The van der Waals surface area contributed by atoms with Gasteiger partial charge in [-0.3, -0.25) is 0 Å². The summed E-state index contributed by atoms with van der Waals surface area (Å²) in [5.41, 5.74) is 0. The van der Waals surface area contributed by atoms with Crippen molar-refractivity contribution in [1.29, 1.82) is 5.39 Å². The standard InChI is InChI=1S/C7H10N2OS2/c1-7(11-2-3-12-7)4-6(10)5-9-8/h5H,2-4H2,1H3/p+1/b6-5+/i4D2,5D. The van der Waals surface area contributed by atoms with Crippen LogP contribution in [0.1, 0.15) is 17.4 Å². The van der Waals surface area contributed by atoms with Gasteiger partial charge in [0.05, 0.1) is 4.08 Å². The average molecular weight is 206 g/mol. The van der Waals surface area contributed by atoms with Gasteiger partial charge in [-0.15, -0.1) is 23.5 Å². The first kappa shape index (κ1) is 6.17. The van der Waals surface area contributed by atoms with Crippen molar-refractivity contribution in [3.63, 3.8) is 0 Å². The molecule has 0 bridgehead atoms. The highest BCUT2D eigenvalue weighted by Gasteiger charge is 2.32. The Morgan fingerprint density at radius 1 is 1.92 bits per heavy atom. The molecule has 1 aliphatic rings. The SMILES string of the molecule is [2H]/C([N+]#N)=C(\O)C([2H])([2H])C1(C)SCCS1. The van der Waals surface area contributed by atoms with Gasteiger partial charge in [0.25, 0.3) is 0 Å². The first-order valence-electron chi connectivity index (χ1n) is 4.88. The second kappa shape index (κ2) is 4.06. The summed E-state index contributed by atoms with van der Waals surface area (Å²) in [6.45, 7) is 1.68. The fourth-order valence-electron chi connectivity index (χ4n) is 0.877. The summed E-state index contributed by atoms with van der Waals surface area (Å²) >= 11 is 2.79. The molecule has 1 heterocycles. The summed E-state index contributed by atoms with van der Waals surface area (Å²) in [6.07, 6.45) is -2.91. The molecule has 0 saturated carbocycles. The van der Waals surface area contributed by atoms with Crippen LogP contribution >= 0.6 is 23.5 Å². The molecule has 0 aromatic carbocycles. The molecule has 0 aromatic rings. The van der Waals surface area contributed by atoms with Crippen LogP contribution in [0.5, 0.6) is 0 Å². The Kier molecular flexibility index (Phi) is 2.08. The largest absolute Gasteiger partial charge is 0.505 e. The van der Waals surface area contributed by atoms with Crippen LogP contribution in [0.15, 0.2) is 11.9 Å². The van der Waals surface area contributed by atoms with E-state index in [1.54, 1.807) is 6.92 Å². The molecule has 0 amide bonds. The van der Waals surface area contributed by atoms with Gasteiger partial charge in [-0.1, -0.05) is 0 Å². The quantitative estimate of drug-likeness (QED) is 0.557. The minimum atomic E-state index is -2.08. The molecule has 0 aromatic heterocycles. The molecule has 0 unspecified atom stereocenters. The zero-order valence-corrected chi connectivity index (χ0v) is 8.21. The van der Waals surface area contributed by atoms with Gasteiger partial charge in [0.2, 0.25) is 5.39 Å². The van der Waals surface area contributed by atoms with Crippen LogP contribution in [0.25, 0.3) is 4.98 Å². The van der Waals surface area contributed by atoms with E-state index in [0.717, 1.165) is 11.5 Å². The van der Waals surface area contributed by atoms with Gasteiger partial charge < -0.3 is 5.11 Å². The lowest BCUT2D eigenvalue weighted by atomic mass is 10.3. The van der Waals surface area contributed by atoms with Crippen LogP contribution in [0.3, 0.4) is 0 Å². The van der Waals surface area contributed by atoms with E-state index in [9.17, 15) is 5.11 Å². The second-order valence-corrected chi connectivity index (χ2v) is 5.61. The van der Waals surface area contributed by atoms with Crippen molar-refractivity contribution in [3.05, 3.63) is 16.9 Å². The van der Waals surface area contributed by atoms with Gasteiger partial charge in [0.15, 0.2) is 12.1 Å². The molecule has 1 fully saturated rings. The van der Waals surface area contributed by atoms with E-state index < -0.39 is 22.4 Å². The van der Waals surface area contributed by atoms with Crippen LogP contribution in [0.4, 0.5) is 0 Å². The lowest BCUT2D eigenvalue weighted by Crippen LogP contribution is -2.11.